The molecule has 0 saturated heterocycles. The van der Waals surface area contributed by atoms with Crippen molar-refractivity contribution in [2.24, 2.45) is 0 Å². The number of H-pyrrole nitrogens is 1. The van der Waals surface area contributed by atoms with Crippen LogP contribution in [0.1, 0.15) is 28.8 Å². The molecule has 2 aromatic carbocycles. The number of nitrogens with zero attached hydrogens (tertiary/aromatic N) is 1. The zero-order chi connectivity index (χ0) is 17.4. The molecular weight excluding hydrogens is 319 g/mol. The Morgan fingerprint density at radius 3 is 2.56 bits per heavy atom. The molecule has 1 aromatic heterocycles. The summed E-state index contributed by atoms with van der Waals surface area (Å²) >= 11 is 0. The molecule has 25 heavy (non-hydrogen) atoms. The summed E-state index contributed by atoms with van der Waals surface area (Å²) in [5.41, 5.74) is 1.44. The fourth-order valence-corrected chi connectivity index (χ4v) is 3.02. The second-order valence-corrected chi connectivity index (χ2v) is 6.37. The maximum Gasteiger partial charge on any atom is 0.259 e. The van der Waals surface area contributed by atoms with Crippen LogP contribution >= 0.6 is 0 Å². The zero-order valence-corrected chi connectivity index (χ0v) is 13.5. The minimum absolute atomic E-state index is 0.142. The van der Waals surface area contributed by atoms with Crippen LogP contribution in [0.2, 0.25) is 0 Å². The van der Waals surface area contributed by atoms with Crippen LogP contribution in [-0.2, 0) is 6.54 Å². The molecule has 1 saturated carbocycles. The quantitative estimate of drug-likeness (QED) is 0.793. The van der Waals surface area contributed by atoms with Crippen LogP contribution in [0.15, 0.2) is 59.5 Å². The van der Waals surface area contributed by atoms with Gasteiger partial charge in [0.15, 0.2) is 0 Å². The van der Waals surface area contributed by atoms with Crippen molar-refractivity contribution in [1.29, 1.82) is 0 Å². The number of aromatic nitrogens is 1. The number of fused-ring (bicyclic) bond motifs is 1. The molecule has 0 atom stereocenters. The van der Waals surface area contributed by atoms with Gasteiger partial charge in [0.25, 0.3) is 5.91 Å². The lowest BCUT2D eigenvalue weighted by molar-refractivity contribution is 0.0728. The molecule has 1 N–H and O–H groups in total. The molecule has 3 aromatic rings. The molecular formula is C20H17FN2O2. The number of rotatable bonds is 4. The second kappa shape index (κ2) is 6.16. The van der Waals surface area contributed by atoms with Crippen LogP contribution in [0.4, 0.5) is 4.39 Å². The number of hydrogen-bond acceptors (Lipinski definition) is 2. The van der Waals surface area contributed by atoms with Gasteiger partial charge in [-0.1, -0.05) is 24.3 Å². The van der Waals surface area contributed by atoms with Crippen LogP contribution in [0.25, 0.3) is 10.9 Å². The Bertz CT molecular complexity index is 990. The first-order chi connectivity index (χ1) is 12.1. The third kappa shape index (κ3) is 3.05. The van der Waals surface area contributed by atoms with Crippen molar-refractivity contribution in [3.05, 3.63) is 81.9 Å². The van der Waals surface area contributed by atoms with E-state index in [0.717, 1.165) is 18.4 Å². The Morgan fingerprint density at radius 1 is 1.12 bits per heavy atom. The zero-order valence-electron chi connectivity index (χ0n) is 13.5. The largest absolute Gasteiger partial charge is 0.360 e. The molecule has 0 bridgehead atoms. The van der Waals surface area contributed by atoms with Crippen molar-refractivity contribution in [2.45, 2.75) is 25.4 Å². The van der Waals surface area contributed by atoms with Gasteiger partial charge in [0.2, 0.25) is 5.43 Å². The van der Waals surface area contributed by atoms with E-state index in [9.17, 15) is 14.0 Å². The summed E-state index contributed by atoms with van der Waals surface area (Å²) in [6.45, 7) is 0.371. The Hall–Kier alpha value is -2.95. The van der Waals surface area contributed by atoms with E-state index in [4.69, 9.17) is 0 Å². The predicted molar refractivity (Wildman–Crippen MR) is 93.9 cm³/mol. The molecule has 5 heteroatoms. The van der Waals surface area contributed by atoms with Gasteiger partial charge < -0.3 is 9.88 Å². The van der Waals surface area contributed by atoms with Gasteiger partial charge in [-0.15, -0.1) is 0 Å². The summed E-state index contributed by atoms with van der Waals surface area (Å²) in [7, 11) is 0. The first-order valence-corrected chi connectivity index (χ1v) is 8.29. The van der Waals surface area contributed by atoms with Crippen LogP contribution in [0.5, 0.6) is 0 Å². The van der Waals surface area contributed by atoms with Crippen LogP contribution < -0.4 is 5.43 Å². The van der Waals surface area contributed by atoms with E-state index in [1.165, 1.54) is 18.3 Å². The number of pyridine rings is 1. The molecule has 1 amide bonds. The molecule has 0 radical (unpaired) electrons. The Kier molecular flexibility index (Phi) is 3.84. The van der Waals surface area contributed by atoms with Crippen molar-refractivity contribution in [1.82, 2.24) is 9.88 Å². The highest BCUT2D eigenvalue weighted by molar-refractivity contribution is 5.97. The number of amides is 1. The van der Waals surface area contributed by atoms with Gasteiger partial charge in [0, 0.05) is 29.7 Å². The molecule has 0 unspecified atom stereocenters. The number of carbonyl (C=O) groups excluding carboxylic acids is 1. The summed E-state index contributed by atoms with van der Waals surface area (Å²) in [6, 6.07) is 13.4. The second-order valence-electron chi connectivity index (χ2n) is 6.37. The maximum atomic E-state index is 13.1. The van der Waals surface area contributed by atoms with E-state index in [1.807, 2.05) is 12.1 Å². The normalized spacial score (nSPS) is 13.8. The van der Waals surface area contributed by atoms with Gasteiger partial charge in [-0.05, 0) is 42.7 Å². The molecule has 126 valence electrons. The number of hydrogen-bond donors (Lipinski definition) is 1. The van der Waals surface area contributed by atoms with Crippen molar-refractivity contribution in [3.63, 3.8) is 0 Å². The first-order valence-electron chi connectivity index (χ1n) is 8.29. The number of aromatic amines is 1. The van der Waals surface area contributed by atoms with Crippen LogP contribution in [0, 0.1) is 5.82 Å². The molecule has 1 fully saturated rings. The van der Waals surface area contributed by atoms with Crippen molar-refractivity contribution in [2.75, 3.05) is 0 Å². The van der Waals surface area contributed by atoms with Crippen LogP contribution in [0.3, 0.4) is 0 Å². The minimum atomic E-state index is -0.306. The Balaban J connectivity index is 1.68. The lowest BCUT2D eigenvalue weighted by atomic mass is 10.1. The van der Waals surface area contributed by atoms with Gasteiger partial charge in [0.1, 0.15) is 11.4 Å². The summed E-state index contributed by atoms with van der Waals surface area (Å²) in [4.78, 5) is 30.4. The molecule has 4 rings (SSSR count). The number of carbonyl (C=O) groups is 1. The SMILES string of the molecule is O=C(c1c[nH]c2ccccc2c1=O)N(Cc1ccc(F)cc1)C1CC1. The number of benzene rings is 2. The van der Waals surface area contributed by atoms with Gasteiger partial charge in [0.05, 0.1) is 0 Å². The molecule has 1 aliphatic rings. The van der Waals surface area contributed by atoms with E-state index in [0.29, 0.717) is 17.4 Å². The van der Waals surface area contributed by atoms with Gasteiger partial charge in [-0.3, -0.25) is 9.59 Å². The molecule has 0 aliphatic heterocycles. The standard InChI is InChI=1S/C20H17FN2O2/c21-14-7-5-13(6-8-14)12-23(15-9-10-15)20(25)17-11-22-18-4-2-1-3-16(18)19(17)24/h1-8,11,15H,9-10,12H2,(H,22,24). The van der Waals surface area contributed by atoms with E-state index in [2.05, 4.69) is 4.98 Å². The predicted octanol–water partition coefficient (Wildman–Crippen LogP) is 3.47. The lowest BCUT2D eigenvalue weighted by Gasteiger charge is -2.22. The number of halogens is 1. The van der Waals surface area contributed by atoms with E-state index >= 15 is 0 Å². The highest BCUT2D eigenvalue weighted by Gasteiger charge is 2.34. The first kappa shape index (κ1) is 15.6. The maximum absolute atomic E-state index is 13.1. The van der Waals surface area contributed by atoms with Crippen LogP contribution in [-0.4, -0.2) is 21.8 Å². The minimum Gasteiger partial charge on any atom is -0.360 e. The lowest BCUT2D eigenvalue weighted by Crippen LogP contribution is -2.35. The third-order valence-electron chi connectivity index (χ3n) is 4.53. The molecule has 1 aliphatic carbocycles. The highest BCUT2D eigenvalue weighted by atomic mass is 19.1. The van der Waals surface area contributed by atoms with Gasteiger partial charge in [-0.25, -0.2) is 4.39 Å². The summed E-state index contributed by atoms with van der Waals surface area (Å²) in [6.07, 6.45) is 3.35. The molecule has 4 nitrogen and oxygen atoms in total. The number of para-hydroxylation sites is 1. The fourth-order valence-electron chi connectivity index (χ4n) is 3.02. The topological polar surface area (TPSA) is 53.2 Å². The monoisotopic (exact) mass is 336 g/mol. The Morgan fingerprint density at radius 2 is 1.84 bits per heavy atom. The highest BCUT2D eigenvalue weighted by Crippen LogP contribution is 2.29. The number of nitrogens with one attached hydrogen (secondary N) is 1. The average Bonchev–Trinajstić information content (AvgIpc) is 3.46. The van der Waals surface area contributed by atoms with Crippen molar-refractivity contribution < 1.29 is 9.18 Å². The molecule has 1 heterocycles. The fraction of sp³-hybridized carbons (Fsp3) is 0.200. The Labute approximate surface area is 143 Å². The van der Waals surface area contributed by atoms with Gasteiger partial charge in [-0.2, -0.15) is 0 Å². The third-order valence-corrected chi connectivity index (χ3v) is 4.53. The summed E-state index contributed by atoms with van der Waals surface area (Å²) in [5, 5.41) is 0.505. The van der Waals surface area contributed by atoms with E-state index in [1.54, 1.807) is 29.2 Å². The van der Waals surface area contributed by atoms with E-state index in [-0.39, 0.29) is 28.8 Å². The molecule has 0 spiro atoms. The van der Waals surface area contributed by atoms with E-state index < -0.39 is 0 Å². The summed E-state index contributed by atoms with van der Waals surface area (Å²) < 4.78 is 13.1. The smallest absolute Gasteiger partial charge is 0.259 e. The van der Waals surface area contributed by atoms with Gasteiger partial charge >= 0.3 is 0 Å². The average molecular weight is 336 g/mol. The van der Waals surface area contributed by atoms with Crippen molar-refractivity contribution >= 4 is 16.8 Å². The summed E-state index contributed by atoms with van der Waals surface area (Å²) in [5.74, 6) is -0.585. The van der Waals surface area contributed by atoms with Crippen molar-refractivity contribution in [3.8, 4) is 0 Å².